The average molecular weight is 371 g/mol. The second kappa shape index (κ2) is 8.41. The maximum atomic E-state index is 12.4. The molecule has 0 aliphatic heterocycles. The molecule has 0 saturated carbocycles. The summed E-state index contributed by atoms with van der Waals surface area (Å²) in [5, 5.41) is 2.71. The minimum atomic E-state index is -3.57. The standard InChI is InChI=1S/C16H26N4O4S/c1-12(20(6)11-15(21)18(2)3)16(22)17-13-8-7-9-14(10-13)25(23,24)19(4)5/h7-10,12H,11H2,1-6H3,(H,17,22)/p+1/t12-/m0/s1. The number of rotatable bonds is 7. The minimum absolute atomic E-state index is 0.0729. The topological polar surface area (TPSA) is 91.2 Å². The fraction of sp³-hybridized carbons (Fsp3) is 0.500. The molecule has 0 spiro atoms. The third kappa shape index (κ3) is 5.52. The molecule has 1 unspecified atom stereocenters. The molecule has 1 rings (SSSR count). The first-order valence-electron chi connectivity index (χ1n) is 7.82. The number of amides is 2. The number of nitrogens with one attached hydrogen (secondary N) is 2. The number of sulfonamides is 1. The first kappa shape index (κ1) is 21.1. The van der Waals surface area contributed by atoms with E-state index in [1.165, 1.54) is 31.1 Å². The van der Waals surface area contributed by atoms with E-state index < -0.39 is 16.1 Å². The zero-order valence-electron chi connectivity index (χ0n) is 15.5. The molecule has 2 N–H and O–H groups in total. The molecule has 0 saturated heterocycles. The Bertz CT molecular complexity index is 731. The average Bonchev–Trinajstić information content (AvgIpc) is 2.53. The number of likely N-dealkylation sites (N-methyl/N-ethyl adjacent to an activating group) is 2. The smallest absolute Gasteiger partial charge is 0.282 e. The van der Waals surface area contributed by atoms with E-state index in [1.807, 2.05) is 0 Å². The Hall–Kier alpha value is -1.97. The third-order valence-electron chi connectivity index (χ3n) is 3.94. The van der Waals surface area contributed by atoms with Gasteiger partial charge in [-0.15, -0.1) is 0 Å². The first-order valence-corrected chi connectivity index (χ1v) is 9.26. The zero-order valence-corrected chi connectivity index (χ0v) is 16.3. The highest BCUT2D eigenvalue weighted by atomic mass is 32.2. The summed E-state index contributed by atoms with van der Waals surface area (Å²) in [6.07, 6.45) is 0. The number of benzene rings is 1. The number of carbonyl (C=O) groups is 2. The molecule has 2 amide bonds. The van der Waals surface area contributed by atoms with E-state index in [0.717, 1.165) is 9.21 Å². The molecule has 1 aromatic rings. The Labute approximate surface area is 149 Å². The Balaban J connectivity index is 2.85. The molecule has 0 aromatic heterocycles. The molecule has 0 aliphatic rings. The zero-order chi connectivity index (χ0) is 19.4. The largest absolute Gasteiger partial charge is 0.344 e. The van der Waals surface area contributed by atoms with Gasteiger partial charge in [0.15, 0.2) is 12.6 Å². The second-order valence-corrected chi connectivity index (χ2v) is 8.49. The quantitative estimate of drug-likeness (QED) is 0.634. The Morgan fingerprint density at radius 1 is 1.20 bits per heavy atom. The van der Waals surface area contributed by atoms with Crippen molar-refractivity contribution in [3.63, 3.8) is 0 Å². The molecule has 25 heavy (non-hydrogen) atoms. The molecule has 140 valence electrons. The van der Waals surface area contributed by atoms with Gasteiger partial charge in [0.05, 0.1) is 11.9 Å². The summed E-state index contributed by atoms with van der Waals surface area (Å²) < 4.78 is 25.4. The van der Waals surface area contributed by atoms with Crippen LogP contribution in [0.4, 0.5) is 5.69 Å². The number of quaternary nitrogens is 1. The lowest BCUT2D eigenvalue weighted by Crippen LogP contribution is -3.15. The van der Waals surface area contributed by atoms with E-state index in [0.29, 0.717) is 5.69 Å². The predicted molar refractivity (Wildman–Crippen MR) is 95.9 cm³/mol. The number of carbonyl (C=O) groups excluding carboxylic acids is 2. The summed E-state index contributed by atoms with van der Waals surface area (Å²) >= 11 is 0. The number of hydrogen-bond acceptors (Lipinski definition) is 4. The normalized spacial score (nSPS) is 14.0. The monoisotopic (exact) mass is 371 g/mol. The lowest BCUT2D eigenvalue weighted by atomic mass is 10.2. The van der Waals surface area contributed by atoms with Crippen molar-refractivity contribution in [2.45, 2.75) is 17.9 Å². The molecule has 2 atom stereocenters. The molecule has 0 bridgehead atoms. The van der Waals surface area contributed by atoms with E-state index in [9.17, 15) is 18.0 Å². The van der Waals surface area contributed by atoms with E-state index in [4.69, 9.17) is 0 Å². The van der Waals surface area contributed by atoms with Crippen LogP contribution in [0.2, 0.25) is 0 Å². The van der Waals surface area contributed by atoms with Crippen LogP contribution < -0.4 is 10.2 Å². The lowest BCUT2D eigenvalue weighted by Gasteiger charge is -2.22. The summed E-state index contributed by atoms with van der Waals surface area (Å²) in [5.41, 5.74) is 0.395. The van der Waals surface area contributed by atoms with Gasteiger partial charge in [-0.1, -0.05) is 6.07 Å². The van der Waals surface area contributed by atoms with Crippen molar-refractivity contribution in [1.82, 2.24) is 9.21 Å². The van der Waals surface area contributed by atoms with Gasteiger partial charge >= 0.3 is 0 Å². The van der Waals surface area contributed by atoms with Gasteiger partial charge in [0.25, 0.3) is 11.8 Å². The van der Waals surface area contributed by atoms with Crippen LogP contribution in [0.15, 0.2) is 29.2 Å². The van der Waals surface area contributed by atoms with Crippen molar-refractivity contribution in [3.05, 3.63) is 24.3 Å². The van der Waals surface area contributed by atoms with Gasteiger partial charge < -0.3 is 15.1 Å². The highest BCUT2D eigenvalue weighted by Gasteiger charge is 2.25. The third-order valence-corrected chi connectivity index (χ3v) is 5.75. The Morgan fingerprint density at radius 2 is 1.80 bits per heavy atom. The van der Waals surface area contributed by atoms with Gasteiger partial charge in [-0.3, -0.25) is 9.59 Å². The van der Waals surface area contributed by atoms with Crippen molar-refractivity contribution in [3.8, 4) is 0 Å². The molecule has 9 heteroatoms. The first-order chi connectivity index (χ1) is 11.5. The van der Waals surface area contributed by atoms with Crippen LogP contribution in [-0.4, -0.2) is 77.3 Å². The van der Waals surface area contributed by atoms with Crippen LogP contribution in [0.25, 0.3) is 0 Å². The number of hydrogen-bond donors (Lipinski definition) is 2. The minimum Gasteiger partial charge on any atom is -0.344 e. The molecule has 0 fully saturated rings. The summed E-state index contributed by atoms with van der Waals surface area (Å²) in [6, 6.07) is 5.61. The maximum Gasteiger partial charge on any atom is 0.282 e. The molecular formula is C16H27N4O4S+. The lowest BCUT2D eigenvalue weighted by molar-refractivity contribution is -0.886. The number of nitrogens with zero attached hydrogens (tertiary/aromatic N) is 2. The molecule has 0 aliphatic carbocycles. The van der Waals surface area contributed by atoms with Crippen LogP contribution in [0.5, 0.6) is 0 Å². The van der Waals surface area contributed by atoms with Crippen molar-refractivity contribution in [2.75, 3.05) is 47.1 Å². The molecule has 8 nitrogen and oxygen atoms in total. The Kier molecular flexibility index (Phi) is 7.09. The second-order valence-electron chi connectivity index (χ2n) is 6.34. The number of anilines is 1. The van der Waals surface area contributed by atoms with Gasteiger partial charge in [-0.2, -0.15) is 0 Å². The highest BCUT2D eigenvalue weighted by Crippen LogP contribution is 2.17. The summed E-state index contributed by atoms with van der Waals surface area (Å²) in [7, 11) is 4.41. The van der Waals surface area contributed by atoms with Gasteiger partial charge in [-0.25, -0.2) is 12.7 Å². The summed E-state index contributed by atoms with van der Waals surface area (Å²) in [5.74, 6) is -0.361. The van der Waals surface area contributed by atoms with Crippen LogP contribution in [0.3, 0.4) is 0 Å². The van der Waals surface area contributed by atoms with Crippen LogP contribution in [0, 0.1) is 0 Å². The predicted octanol–water partition coefficient (Wildman–Crippen LogP) is -1.13. The van der Waals surface area contributed by atoms with Crippen molar-refractivity contribution < 1.29 is 22.9 Å². The van der Waals surface area contributed by atoms with Crippen LogP contribution in [-0.2, 0) is 19.6 Å². The fourth-order valence-electron chi connectivity index (χ4n) is 1.97. The van der Waals surface area contributed by atoms with Gasteiger partial charge in [0.1, 0.15) is 0 Å². The van der Waals surface area contributed by atoms with Crippen molar-refractivity contribution >= 4 is 27.5 Å². The van der Waals surface area contributed by atoms with Crippen molar-refractivity contribution in [1.29, 1.82) is 0 Å². The van der Waals surface area contributed by atoms with E-state index in [2.05, 4.69) is 5.32 Å². The van der Waals surface area contributed by atoms with Crippen molar-refractivity contribution in [2.24, 2.45) is 0 Å². The van der Waals surface area contributed by atoms with E-state index >= 15 is 0 Å². The highest BCUT2D eigenvalue weighted by molar-refractivity contribution is 7.89. The molecular weight excluding hydrogens is 344 g/mol. The van der Waals surface area contributed by atoms with E-state index in [-0.39, 0.29) is 23.3 Å². The Morgan fingerprint density at radius 3 is 2.32 bits per heavy atom. The molecule has 0 radical (unpaired) electrons. The van der Waals surface area contributed by atoms with Gasteiger partial charge in [0, 0.05) is 33.9 Å². The maximum absolute atomic E-state index is 12.4. The molecule has 1 aromatic carbocycles. The van der Waals surface area contributed by atoms with Gasteiger partial charge in [-0.05, 0) is 25.1 Å². The summed E-state index contributed by atoms with van der Waals surface area (Å²) in [4.78, 5) is 26.5. The van der Waals surface area contributed by atoms with Gasteiger partial charge in [0.2, 0.25) is 10.0 Å². The fourth-order valence-corrected chi connectivity index (χ4v) is 2.92. The summed E-state index contributed by atoms with van der Waals surface area (Å²) in [6.45, 7) is 1.91. The molecule has 0 heterocycles. The van der Waals surface area contributed by atoms with Crippen LogP contribution in [0.1, 0.15) is 6.92 Å². The SMILES string of the molecule is C[C@@H](C(=O)Nc1cccc(S(=O)(=O)N(C)C)c1)[NH+](C)CC(=O)N(C)C. The van der Waals surface area contributed by atoms with E-state index in [1.54, 1.807) is 40.2 Å². The van der Waals surface area contributed by atoms with Crippen LogP contribution >= 0.6 is 0 Å².